The fourth-order valence-corrected chi connectivity index (χ4v) is 4.36. The SMILES string of the molecule is CC/C=C/C=C/C=C/CCCCCCCC(=O)OC(COC(=O)CCCCCCC/C=C/CCCC)COP(=O)(O)O. The van der Waals surface area contributed by atoms with Gasteiger partial charge in [0.2, 0.25) is 0 Å². The Morgan fingerprint density at radius 1 is 0.643 bits per heavy atom. The maximum absolute atomic E-state index is 12.3. The highest BCUT2D eigenvalue weighted by Gasteiger charge is 2.22. The van der Waals surface area contributed by atoms with Crippen LogP contribution in [0.2, 0.25) is 0 Å². The number of carbonyl (C=O) groups excluding carboxylic acids is 2. The van der Waals surface area contributed by atoms with Crippen LogP contribution < -0.4 is 0 Å². The van der Waals surface area contributed by atoms with Gasteiger partial charge in [-0.1, -0.05) is 114 Å². The maximum atomic E-state index is 12.3. The van der Waals surface area contributed by atoms with E-state index in [1.165, 1.54) is 12.8 Å². The number of unbranched alkanes of at least 4 members (excludes halogenated alkanes) is 12. The minimum Gasteiger partial charge on any atom is -0.462 e. The predicted molar refractivity (Wildman–Crippen MR) is 170 cm³/mol. The Morgan fingerprint density at radius 3 is 1.76 bits per heavy atom. The molecule has 0 aromatic rings. The lowest BCUT2D eigenvalue weighted by atomic mass is 10.1. The highest BCUT2D eigenvalue weighted by Crippen LogP contribution is 2.35. The van der Waals surface area contributed by atoms with E-state index < -0.39 is 32.5 Å². The third-order valence-electron chi connectivity index (χ3n) is 6.39. The number of phosphoric ester groups is 1. The zero-order valence-electron chi connectivity index (χ0n) is 26.1. The molecule has 0 heterocycles. The molecule has 0 saturated heterocycles. The molecule has 2 N–H and O–H groups in total. The lowest BCUT2D eigenvalue weighted by molar-refractivity contribution is -0.161. The van der Waals surface area contributed by atoms with Gasteiger partial charge >= 0.3 is 19.8 Å². The first-order valence-electron chi connectivity index (χ1n) is 16.0. The molecule has 1 atom stereocenters. The van der Waals surface area contributed by atoms with Gasteiger partial charge in [-0.25, -0.2) is 4.57 Å². The highest BCUT2D eigenvalue weighted by atomic mass is 31.2. The van der Waals surface area contributed by atoms with Crippen LogP contribution in [0.3, 0.4) is 0 Å². The normalized spacial score (nSPS) is 13.1. The minimum atomic E-state index is -4.75. The Morgan fingerprint density at radius 2 is 1.17 bits per heavy atom. The monoisotopic (exact) mass is 612 g/mol. The number of phosphoric acid groups is 1. The summed E-state index contributed by atoms with van der Waals surface area (Å²) in [5.41, 5.74) is 0. The second kappa shape index (κ2) is 29.1. The summed E-state index contributed by atoms with van der Waals surface area (Å²) >= 11 is 0. The maximum Gasteiger partial charge on any atom is 0.469 e. The molecule has 9 heteroatoms. The molecule has 242 valence electrons. The van der Waals surface area contributed by atoms with Crippen LogP contribution in [-0.4, -0.2) is 41.0 Å². The molecular weight excluding hydrogens is 555 g/mol. The van der Waals surface area contributed by atoms with Gasteiger partial charge in [-0.05, 0) is 51.4 Å². The van der Waals surface area contributed by atoms with Crippen molar-refractivity contribution in [3.05, 3.63) is 48.6 Å². The minimum absolute atomic E-state index is 0.185. The lowest BCUT2D eigenvalue weighted by Gasteiger charge is -2.18. The molecule has 0 fully saturated rings. The summed E-state index contributed by atoms with van der Waals surface area (Å²) in [5.74, 6) is -0.928. The Kier molecular flexibility index (Phi) is 27.7. The van der Waals surface area contributed by atoms with Gasteiger partial charge in [-0.2, -0.15) is 0 Å². The molecule has 0 aliphatic heterocycles. The number of ether oxygens (including phenoxy) is 2. The lowest BCUT2D eigenvalue weighted by Crippen LogP contribution is -2.29. The second-order valence-electron chi connectivity index (χ2n) is 10.5. The molecule has 8 nitrogen and oxygen atoms in total. The fraction of sp³-hybridized carbons (Fsp3) is 0.697. The second-order valence-corrected chi connectivity index (χ2v) is 11.7. The summed E-state index contributed by atoms with van der Waals surface area (Å²) in [7, 11) is -4.75. The largest absolute Gasteiger partial charge is 0.469 e. The number of hydrogen-bond acceptors (Lipinski definition) is 6. The van der Waals surface area contributed by atoms with Crippen LogP contribution in [0.5, 0.6) is 0 Å². The van der Waals surface area contributed by atoms with Crippen molar-refractivity contribution in [3.63, 3.8) is 0 Å². The van der Waals surface area contributed by atoms with E-state index in [9.17, 15) is 14.2 Å². The van der Waals surface area contributed by atoms with Crippen molar-refractivity contribution in [1.29, 1.82) is 0 Å². The van der Waals surface area contributed by atoms with Crippen molar-refractivity contribution in [1.82, 2.24) is 0 Å². The van der Waals surface area contributed by atoms with Gasteiger partial charge in [0.1, 0.15) is 6.61 Å². The van der Waals surface area contributed by atoms with Gasteiger partial charge in [-0.15, -0.1) is 0 Å². The molecular formula is C33H57O8P. The van der Waals surface area contributed by atoms with E-state index in [2.05, 4.69) is 48.8 Å². The third kappa shape index (κ3) is 31.0. The average Bonchev–Trinajstić information content (AvgIpc) is 2.95. The van der Waals surface area contributed by atoms with Crippen LogP contribution in [0.15, 0.2) is 48.6 Å². The van der Waals surface area contributed by atoms with Crippen LogP contribution in [0, 0.1) is 0 Å². The van der Waals surface area contributed by atoms with E-state index in [-0.39, 0.29) is 19.4 Å². The zero-order chi connectivity index (χ0) is 31.2. The number of esters is 2. The first kappa shape index (κ1) is 40.0. The topological polar surface area (TPSA) is 119 Å². The van der Waals surface area contributed by atoms with Crippen LogP contribution in [0.25, 0.3) is 0 Å². The first-order valence-corrected chi connectivity index (χ1v) is 17.5. The van der Waals surface area contributed by atoms with Crippen molar-refractivity contribution < 1.29 is 37.9 Å². The van der Waals surface area contributed by atoms with Crippen LogP contribution in [0.1, 0.15) is 129 Å². The van der Waals surface area contributed by atoms with Gasteiger partial charge in [0.15, 0.2) is 6.10 Å². The Hall–Kier alpha value is -1.99. The van der Waals surface area contributed by atoms with Gasteiger partial charge in [0.05, 0.1) is 6.61 Å². The average molecular weight is 613 g/mol. The molecule has 0 aliphatic rings. The molecule has 0 aromatic carbocycles. The fourth-order valence-electron chi connectivity index (χ4n) is 4.00. The molecule has 42 heavy (non-hydrogen) atoms. The third-order valence-corrected chi connectivity index (χ3v) is 6.88. The molecule has 0 aromatic heterocycles. The number of carbonyl (C=O) groups is 2. The molecule has 0 aliphatic carbocycles. The summed E-state index contributed by atoms with van der Waals surface area (Å²) in [5, 5.41) is 0. The molecule has 0 rings (SSSR count). The van der Waals surface area contributed by atoms with Gasteiger partial charge in [0, 0.05) is 12.8 Å². The molecule has 0 saturated carbocycles. The first-order chi connectivity index (χ1) is 20.3. The van der Waals surface area contributed by atoms with E-state index in [0.717, 1.165) is 77.0 Å². The Bertz CT molecular complexity index is 828. The van der Waals surface area contributed by atoms with E-state index >= 15 is 0 Å². The van der Waals surface area contributed by atoms with Crippen molar-refractivity contribution >= 4 is 19.8 Å². The van der Waals surface area contributed by atoms with Crippen LogP contribution in [0.4, 0.5) is 0 Å². The number of rotatable bonds is 28. The van der Waals surface area contributed by atoms with Crippen LogP contribution >= 0.6 is 7.82 Å². The standard InChI is InChI=1S/C33H57O8P/c1-3-5-7-9-11-13-15-16-18-20-22-24-26-28-33(35)41-31(30-40-42(36,37)38)29-39-32(34)27-25-23-21-19-17-14-12-10-8-6-4-2/h5,7,9-13,15,31H,3-4,6,8,14,16-30H2,1-2H3,(H2,36,37,38)/b7-5+,11-9+,12-10+,15-13+. The van der Waals surface area contributed by atoms with E-state index in [4.69, 9.17) is 19.3 Å². The summed E-state index contributed by atoms with van der Waals surface area (Å²) in [6, 6.07) is 0. The summed E-state index contributed by atoms with van der Waals surface area (Å²) in [6.45, 7) is 3.44. The van der Waals surface area contributed by atoms with Crippen molar-refractivity contribution in [2.45, 2.75) is 136 Å². The van der Waals surface area contributed by atoms with E-state index in [1.54, 1.807) is 0 Å². The smallest absolute Gasteiger partial charge is 0.462 e. The van der Waals surface area contributed by atoms with Gasteiger partial charge in [0.25, 0.3) is 0 Å². The molecule has 0 radical (unpaired) electrons. The van der Waals surface area contributed by atoms with Crippen LogP contribution in [-0.2, 0) is 28.2 Å². The van der Waals surface area contributed by atoms with Crippen molar-refractivity contribution in [2.24, 2.45) is 0 Å². The molecule has 1 unspecified atom stereocenters. The van der Waals surface area contributed by atoms with Crippen molar-refractivity contribution in [3.8, 4) is 0 Å². The van der Waals surface area contributed by atoms with E-state index in [0.29, 0.717) is 12.8 Å². The molecule has 0 spiro atoms. The number of hydrogen-bond donors (Lipinski definition) is 2. The molecule has 0 amide bonds. The Balaban J connectivity index is 4.11. The predicted octanol–water partition coefficient (Wildman–Crippen LogP) is 8.84. The summed E-state index contributed by atoms with van der Waals surface area (Å²) in [4.78, 5) is 42.4. The van der Waals surface area contributed by atoms with Crippen molar-refractivity contribution in [2.75, 3.05) is 13.2 Å². The quantitative estimate of drug-likeness (QED) is 0.0296. The number of allylic oxidation sites excluding steroid dienone is 8. The van der Waals surface area contributed by atoms with Gasteiger partial charge in [-0.3, -0.25) is 14.1 Å². The summed E-state index contributed by atoms with van der Waals surface area (Å²) in [6.07, 6.45) is 32.7. The highest BCUT2D eigenvalue weighted by molar-refractivity contribution is 7.46. The Labute approximate surface area is 254 Å². The van der Waals surface area contributed by atoms with E-state index in [1.807, 2.05) is 18.2 Å². The van der Waals surface area contributed by atoms with Gasteiger partial charge < -0.3 is 19.3 Å². The zero-order valence-corrected chi connectivity index (χ0v) is 27.0. The molecule has 0 bridgehead atoms. The summed E-state index contributed by atoms with van der Waals surface area (Å²) < 4.78 is 26.1.